The highest BCUT2D eigenvalue weighted by molar-refractivity contribution is 5.75. The minimum Gasteiger partial charge on any atom is -0.464 e. The van der Waals surface area contributed by atoms with Crippen molar-refractivity contribution in [1.82, 2.24) is 14.8 Å². The van der Waals surface area contributed by atoms with Crippen molar-refractivity contribution in [1.29, 1.82) is 0 Å². The Hall–Kier alpha value is -1.80. The van der Waals surface area contributed by atoms with E-state index in [1.165, 1.54) is 6.92 Å². The van der Waals surface area contributed by atoms with Crippen molar-refractivity contribution in [2.75, 3.05) is 6.61 Å². The van der Waals surface area contributed by atoms with Gasteiger partial charge in [-0.1, -0.05) is 0 Å². The minimum atomic E-state index is -4.58. The van der Waals surface area contributed by atoms with Crippen molar-refractivity contribution in [3.8, 4) is 0 Å². The summed E-state index contributed by atoms with van der Waals surface area (Å²) in [6.45, 7) is 1.43. The van der Waals surface area contributed by atoms with Crippen LogP contribution in [0.5, 0.6) is 0 Å². The first-order valence-corrected chi connectivity index (χ1v) is 5.75. The summed E-state index contributed by atoms with van der Waals surface area (Å²) >= 11 is 0. The number of ether oxygens (including phenoxy) is 1. The number of hydrogen-bond donors (Lipinski definition) is 1. The molecule has 1 aliphatic heterocycles. The Balaban J connectivity index is 2.48. The SMILES string of the molecule is CCOC(=O)C1C(C(F)(F)F)CCc2n[nH]c(=O)n21. The van der Waals surface area contributed by atoms with E-state index in [0.717, 1.165) is 4.57 Å². The highest BCUT2D eigenvalue weighted by Gasteiger charge is 2.51. The maximum absolute atomic E-state index is 13.0. The van der Waals surface area contributed by atoms with Crippen LogP contribution in [-0.2, 0) is 16.0 Å². The fraction of sp³-hybridized carbons (Fsp3) is 0.700. The van der Waals surface area contributed by atoms with E-state index in [1.807, 2.05) is 0 Å². The van der Waals surface area contributed by atoms with Crippen LogP contribution in [0.2, 0.25) is 0 Å². The van der Waals surface area contributed by atoms with Crippen molar-refractivity contribution in [3.63, 3.8) is 0 Å². The predicted molar refractivity (Wildman–Crippen MR) is 56.4 cm³/mol. The van der Waals surface area contributed by atoms with Gasteiger partial charge in [0.2, 0.25) is 0 Å². The van der Waals surface area contributed by atoms with Gasteiger partial charge in [-0.15, -0.1) is 0 Å². The van der Waals surface area contributed by atoms with Gasteiger partial charge in [0.25, 0.3) is 0 Å². The van der Waals surface area contributed by atoms with E-state index in [4.69, 9.17) is 0 Å². The van der Waals surface area contributed by atoms with Crippen LogP contribution in [-0.4, -0.2) is 33.5 Å². The Morgan fingerprint density at radius 2 is 2.26 bits per heavy atom. The summed E-state index contributed by atoms with van der Waals surface area (Å²) < 4.78 is 44.3. The number of aromatic amines is 1. The van der Waals surface area contributed by atoms with E-state index in [1.54, 1.807) is 0 Å². The molecule has 1 aliphatic rings. The molecule has 0 bridgehead atoms. The topological polar surface area (TPSA) is 77.0 Å². The number of aromatic nitrogens is 3. The molecule has 0 spiro atoms. The van der Waals surface area contributed by atoms with E-state index in [9.17, 15) is 22.8 Å². The first-order valence-electron chi connectivity index (χ1n) is 5.75. The summed E-state index contributed by atoms with van der Waals surface area (Å²) in [5.41, 5.74) is -0.831. The molecular formula is C10H12F3N3O3. The van der Waals surface area contributed by atoms with Gasteiger partial charge in [-0.2, -0.15) is 18.3 Å². The zero-order valence-electron chi connectivity index (χ0n) is 10.0. The van der Waals surface area contributed by atoms with Crippen molar-refractivity contribution >= 4 is 5.97 Å². The number of nitrogens with zero attached hydrogens (tertiary/aromatic N) is 2. The second-order valence-corrected chi connectivity index (χ2v) is 4.20. The zero-order chi connectivity index (χ0) is 14.2. The van der Waals surface area contributed by atoms with Crippen LogP contribution in [0.1, 0.15) is 25.2 Å². The molecule has 6 nitrogen and oxygen atoms in total. The monoisotopic (exact) mass is 279 g/mol. The summed E-state index contributed by atoms with van der Waals surface area (Å²) in [6.07, 6.45) is -4.89. The Morgan fingerprint density at radius 3 is 2.84 bits per heavy atom. The largest absolute Gasteiger partial charge is 0.464 e. The van der Waals surface area contributed by atoms with E-state index in [-0.39, 0.29) is 25.3 Å². The van der Waals surface area contributed by atoms with E-state index >= 15 is 0 Å². The summed E-state index contributed by atoms with van der Waals surface area (Å²) in [5, 5.41) is 5.68. The van der Waals surface area contributed by atoms with Crippen LogP contribution < -0.4 is 5.69 Å². The summed E-state index contributed by atoms with van der Waals surface area (Å²) in [5.74, 6) is -2.85. The molecule has 0 fully saturated rings. The number of rotatable bonds is 2. The third kappa shape index (κ3) is 2.36. The Morgan fingerprint density at radius 1 is 1.58 bits per heavy atom. The zero-order valence-corrected chi connectivity index (χ0v) is 10.0. The van der Waals surface area contributed by atoms with Crippen LogP contribution >= 0.6 is 0 Å². The number of carbonyl (C=O) groups is 1. The Labute approximate surface area is 105 Å². The van der Waals surface area contributed by atoms with Crippen LogP contribution in [0.3, 0.4) is 0 Å². The van der Waals surface area contributed by atoms with Crippen LogP contribution in [0, 0.1) is 5.92 Å². The molecule has 0 amide bonds. The van der Waals surface area contributed by atoms with Crippen molar-refractivity contribution in [3.05, 3.63) is 16.3 Å². The third-order valence-electron chi connectivity index (χ3n) is 3.06. The van der Waals surface area contributed by atoms with Crippen LogP contribution in [0.15, 0.2) is 4.79 Å². The van der Waals surface area contributed by atoms with Crippen molar-refractivity contribution in [2.45, 2.75) is 32.0 Å². The van der Waals surface area contributed by atoms with Gasteiger partial charge in [0.05, 0.1) is 12.5 Å². The average Bonchev–Trinajstić information content (AvgIpc) is 2.69. The fourth-order valence-corrected chi connectivity index (χ4v) is 2.26. The maximum atomic E-state index is 13.0. The number of halogens is 3. The molecule has 0 radical (unpaired) electrons. The lowest BCUT2D eigenvalue weighted by molar-refractivity contribution is -0.200. The second-order valence-electron chi connectivity index (χ2n) is 4.20. The number of esters is 1. The molecular weight excluding hydrogens is 267 g/mol. The smallest absolute Gasteiger partial charge is 0.394 e. The number of nitrogens with one attached hydrogen (secondary N) is 1. The van der Waals surface area contributed by atoms with Crippen molar-refractivity contribution in [2.24, 2.45) is 5.92 Å². The molecule has 0 saturated carbocycles. The molecule has 0 aliphatic carbocycles. The first kappa shape index (κ1) is 13.6. The van der Waals surface area contributed by atoms with Gasteiger partial charge in [0.15, 0.2) is 0 Å². The average molecular weight is 279 g/mol. The second kappa shape index (κ2) is 4.71. The number of aryl methyl sites for hydroxylation is 1. The summed E-state index contributed by atoms with van der Waals surface area (Å²) in [7, 11) is 0. The van der Waals surface area contributed by atoms with Gasteiger partial charge < -0.3 is 4.74 Å². The molecule has 106 valence electrons. The molecule has 2 atom stereocenters. The number of H-pyrrole nitrogens is 1. The highest BCUT2D eigenvalue weighted by Crippen LogP contribution is 2.40. The highest BCUT2D eigenvalue weighted by atomic mass is 19.4. The molecule has 2 heterocycles. The van der Waals surface area contributed by atoms with Gasteiger partial charge in [-0.25, -0.2) is 14.7 Å². The quantitative estimate of drug-likeness (QED) is 0.812. The Bertz CT molecular complexity index is 534. The molecule has 2 unspecified atom stereocenters. The standard InChI is InChI=1S/C10H12F3N3O3/c1-2-19-8(17)7-5(10(11,12)13)3-4-6-14-15-9(18)16(6)7/h5,7H,2-4H2,1H3,(H,15,18). The van der Waals surface area contributed by atoms with Gasteiger partial charge in [-0.3, -0.25) is 4.57 Å². The number of hydrogen-bond acceptors (Lipinski definition) is 4. The lowest BCUT2D eigenvalue weighted by Gasteiger charge is -2.31. The summed E-state index contributed by atoms with van der Waals surface area (Å²) in [6, 6.07) is -1.70. The first-order chi connectivity index (χ1) is 8.86. The lowest BCUT2D eigenvalue weighted by atomic mass is 9.90. The van der Waals surface area contributed by atoms with E-state index in [2.05, 4.69) is 14.9 Å². The van der Waals surface area contributed by atoms with Gasteiger partial charge in [-0.05, 0) is 13.3 Å². The molecule has 1 aromatic heterocycles. The number of fused-ring (bicyclic) bond motifs is 1. The van der Waals surface area contributed by atoms with Crippen molar-refractivity contribution < 1.29 is 22.7 Å². The van der Waals surface area contributed by atoms with Gasteiger partial charge >= 0.3 is 17.8 Å². The molecule has 0 saturated heterocycles. The molecule has 2 rings (SSSR count). The van der Waals surface area contributed by atoms with Gasteiger partial charge in [0.1, 0.15) is 11.9 Å². The number of alkyl halides is 3. The normalized spacial score (nSPS) is 22.9. The Kier molecular flexibility index (Phi) is 3.38. The van der Waals surface area contributed by atoms with Crippen LogP contribution in [0.4, 0.5) is 13.2 Å². The minimum absolute atomic E-state index is 0.0151. The number of carbonyl (C=O) groups excluding carboxylic acids is 1. The molecule has 1 N–H and O–H groups in total. The lowest BCUT2D eigenvalue weighted by Crippen LogP contribution is -2.44. The van der Waals surface area contributed by atoms with Gasteiger partial charge in [0, 0.05) is 6.42 Å². The summed E-state index contributed by atoms with van der Waals surface area (Å²) in [4.78, 5) is 23.3. The van der Waals surface area contributed by atoms with E-state index in [0.29, 0.717) is 0 Å². The predicted octanol–water partition coefficient (Wildman–Crippen LogP) is 0.800. The molecule has 0 aromatic carbocycles. The molecule has 19 heavy (non-hydrogen) atoms. The fourth-order valence-electron chi connectivity index (χ4n) is 2.26. The third-order valence-corrected chi connectivity index (χ3v) is 3.06. The van der Waals surface area contributed by atoms with Crippen LogP contribution in [0.25, 0.3) is 0 Å². The maximum Gasteiger partial charge on any atom is 0.394 e. The molecule has 9 heteroatoms. The molecule has 1 aromatic rings. The van der Waals surface area contributed by atoms with E-state index < -0.39 is 29.8 Å².